The van der Waals surface area contributed by atoms with Gasteiger partial charge in [-0.3, -0.25) is 4.79 Å². The van der Waals surface area contributed by atoms with Gasteiger partial charge in [-0.25, -0.2) is 4.98 Å². The number of aldehydes is 1. The third-order valence-corrected chi connectivity index (χ3v) is 24.2. The molecule has 2 aliphatic rings. The van der Waals surface area contributed by atoms with Crippen LogP contribution < -0.4 is 10.4 Å². The molecule has 0 radical (unpaired) electrons. The van der Waals surface area contributed by atoms with Gasteiger partial charge in [-0.2, -0.15) is 0 Å². The third kappa shape index (κ3) is 12.9. The number of hydrogen-bond acceptors (Lipinski definition) is 11. The summed E-state index contributed by atoms with van der Waals surface area (Å²) in [6.45, 7) is 27.6. The zero-order chi connectivity index (χ0) is 50.1. The fourth-order valence-corrected chi connectivity index (χ4v) is 18.0. The SMILES string of the molecule is CC[Si](CC)(CC)O[C@H]1[C@@H](C)[C@@H](CC=O)O[C@@H](/C(C)=C/c2coc(C[C@]3(OC)C[C@H](OC)C[C@H]([C@@H](/C=C(\C)COC(=O)C(C)(C)C)O[Si](c4ccccc4)(c4ccccc4)C(C)(C)C)O3)n2)[C@@H]1C. The van der Waals surface area contributed by atoms with Gasteiger partial charge >= 0.3 is 5.97 Å². The highest BCUT2D eigenvalue weighted by molar-refractivity contribution is 6.99. The molecule has 376 valence electrons. The number of hydrogen-bond donors (Lipinski definition) is 0. The average molecular weight is 974 g/mol. The molecule has 0 bridgehead atoms. The van der Waals surface area contributed by atoms with Crippen LogP contribution in [0.2, 0.25) is 23.2 Å². The first kappa shape index (κ1) is 55.4. The molecule has 1 aromatic heterocycles. The summed E-state index contributed by atoms with van der Waals surface area (Å²) in [5.74, 6) is -0.895. The van der Waals surface area contributed by atoms with Crippen LogP contribution >= 0.6 is 0 Å². The van der Waals surface area contributed by atoms with Gasteiger partial charge in [-0.15, -0.1) is 0 Å². The minimum Gasteiger partial charge on any atom is -0.461 e. The van der Waals surface area contributed by atoms with Crippen LogP contribution in [0.15, 0.2) is 88.6 Å². The second-order valence-corrected chi connectivity index (χ2v) is 30.4. The van der Waals surface area contributed by atoms with Crippen LogP contribution in [0.1, 0.15) is 121 Å². The van der Waals surface area contributed by atoms with Crippen LogP contribution in [0, 0.1) is 17.3 Å². The smallest absolute Gasteiger partial charge is 0.311 e. The molecule has 13 heteroatoms. The summed E-state index contributed by atoms with van der Waals surface area (Å²) in [6, 6.07) is 24.2. The number of esters is 1. The number of carbonyl (C=O) groups is 2. The Kier molecular flexibility index (Phi) is 19.2. The summed E-state index contributed by atoms with van der Waals surface area (Å²) >= 11 is 0. The molecule has 2 saturated heterocycles. The Bertz CT molecular complexity index is 2080. The third-order valence-electron chi connectivity index (χ3n) is 14.6. The monoisotopic (exact) mass is 974 g/mol. The normalized spacial score (nSPS) is 26.1. The Hall–Kier alpha value is -3.54. The van der Waals surface area contributed by atoms with Crippen molar-refractivity contribution in [1.82, 2.24) is 4.98 Å². The van der Waals surface area contributed by atoms with E-state index in [1.54, 1.807) is 20.5 Å². The lowest BCUT2D eigenvalue weighted by atomic mass is 9.80. The molecule has 68 heavy (non-hydrogen) atoms. The highest BCUT2D eigenvalue weighted by Gasteiger charge is 2.54. The molecule has 0 amide bonds. The van der Waals surface area contributed by atoms with E-state index in [0.717, 1.165) is 45.9 Å². The first-order valence-corrected chi connectivity index (χ1v) is 29.4. The molecule has 0 saturated carbocycles. The number of benzene rings is 2. The molecule has 0 aliphatic carbocycles. The number of methoxy groups -OCH3 is 2. The van der Waals surface area contributed by atoms with E-state index in [0.29, 0.717) is 30.8 Å². The van der Waals surface area contributed by atoms with E-state index in [4.69, 9.17) is 41.9 Å². The van der Waals surface area contributed by atoms with E-state index < -0.39 is 40.0 Å². The predicted octanol–water partition coefficient (Wildman–Crippen LogP) is 10.7. The van der Waals surface area contributed by atoms with Crippen molar-refractivity contribution in [1.29, 1.82) is 0 Å². The maximum absolute atomic E-state index is 13.0. The lowest BCUT2D eigenvalue weighted by Crippen LogP contribution is -2.69. The van der Waals surface area contributed by atoms with Crippen molar-refractivity contribution in [3.05, 3.63) is 95.7 Å². The lowest BCUT2D eigenvalue weighted by Gasteiger charge is -2.49. The number of rotatable bonds is 21. The number of nitrogens with zero attached hydrogens (tertiary/aromatic N) is 1. The Labute approximate surface area is 410 Å². The van der Waals surface area contributed by atoms with Crippen LogP contribution in [0.4, 0.5) is 0 Å². The zero-order valence-corrected chi connectivity index (χ0v) is 45.9. The topological polar surface area (TPSA) is 125 Å². The molecule has 11 nitrogen and oxygen atoms in total. The van der Waals surface area contributed by atoms with Crippen LogP contribution in [0.3, 0.4) is 0 Å². The molecular formula is C55H83NO10Si2. The van der Waals surface area contributed by atoms with Gasteiger partial charge in [0.05, 0.1) is 48.5 Å². The van der Waals surface area contributed by atoms with Gasteiger partial charge in [-0.05, 0) is 85.4 Å². The van der Waals surface area contributed by atoms with Crippen molar-refractivity contribution >= 4 is 45.3 Å². The highest BCUT2D eigenvalue weighted by atomic mass is 28.4. The van der Waals surface area contributed by atoms with Crippen LogP contribution in [0.25, 0.3) is 6.08 Å². The zero-order valence-electron chi connectivity index (χ0n) is 43.9. The van der Waals surface area contributed by atoms with E-state index in [9.17, 15) is 9.59 Å². The molecule has 0 N–H and O–H groups in total. The number of oxazole rings is 1. The minimum atomic E-state index is -3.15. The molecule has 0 spiro atoms. The van der Waals surface area contributed by atoms with Crippen molar-refractivity contribution in [2.24, 2.45) is 17.3 Å². The Morgan fingerprint density at radius 1 is 0.912 bits per heavy atom. The van der Waals surface area contributed by atoms with Gasteiger partial charge in [0, 0.05) is 45.3 Å². The molecule has 9 atom stereocenters. The summed E-state index contributed by atoms with van der Waals surface area (Å²) in [5.41, 5.74) is 1.81. The first-order valence-electron chi connectivity index (χ1n) is 24.9. The van der Waals surface area contributed by atoms with Crippen molar-refractivity contribution in [3.63, 3.8) is 0 Å². The Morgan fingerprint density at radius 2 is 1.51 bits per heavy atom. The maximum atomic E-state index is 13.0. The average Bonchev–Trinajstić information content (AvgIpc) is 3.75. The van der Waals surface area contributed by atoms with E-state index in [2.05, 4.69) is 117 Å². The van der Waals surface area contributed by atoms with E-state index in [1.807, 2.05) is 45.9 Å². The lowest BCUT2D eigenvalue weighted by molar-refractivity contribution is -0.297. The molecule has 3 aromatic rings. The molecule has 2 aromatic carbocycles. The molecule has 2 fully saturated rings. The second kappa shape index (κ2) is 23.6. The van der Waals surface area contributed by atoms with Gasteiger partial charge in [-0.1, -0.05) is 122 Å². The molecule has 3 heterocycles. The summed E-state index contributed by atoms with van der Waals surface area (Å²) in [5, 5.41) is 1.92. The second-order valence-electron chi connectivity index (χ2n) is 21.4. The standard InChI is InChI=1S/C55H83NO10Si2/c1-16-67(17-2,18-3)66-51-40(6)46(29-30-57)63-50(41(51)7)39(5)32-42-37-61-49(56-42)35-55(60-15)34-43(59-14)33-47(64-55)48(31-38(4)36-62-52(58)53(8,9)10)65-68(54(11,12)13,44-25-21-19-22-26-44)45-27-23-20-24-28-45/h19-28,30-32,37,40-41,43,46-48,50-51H,16-18,29,33-36H2,1-15H3/b38-31+,39-32+/t40-,41-,43+,46+,47+,48+,50-,51-,55-/m0/s1. The van der Waals surface area contributed by atoms with Gasteiger partial charge in [0.15, 0.2) is 20.0 Å². The number of aromatic nitrogens is 1. The predicted molar refractivity (Wildman–Crippen MR) is 275 cm³/mol. The maximum Gasteiger partial charge on any atom is 0.311 e. The van der Waals surface area contributed by atoms with E-state index in [1.165, 1.54) is 0 Å². The fourth-order valence-electron chi connectivity index (χ4n) is 10.3. The van der Waals surface area contributed by atoms with Crippen molar-refractivity contribution in [2.45, 2.75) is 181 Å². The van der Waals surface area contributed by atoms with Crippen LogP contribution in [-0.2, 0) is 48.5 Å². The van der Waals surface area contributed by atoms with Gasteiger partial charge < -0.3 is 41.7 Å². The highest BCUT2D eigenvalue weighted by Crippen LogP contribution is 2.43. The quantitative estimate of drug-likeness (QED) is 0.0438. The Morgan fingerprint density at radius 3 is 2.03 bits per heavy atom. The summed E-state index contributed by atoms with van der Waals surface area (Å²) < 4.78 is 53.6. The summed E-state index contributed by atoms with van der Waals surface area (Å²) in [6.07, 6.45) is 6.16. The van der Waals surface area contributed by atoms with Gasteiger partial charge in [0.2, 0.25) is 0 Å². The molecule has 2 aliphatic heterocycles. The summed E-state index contributed by atoms with van der Waals surface area (Å²) in [7, 11) is -1.74. The van der Waals surface area contributed by atoms with Gasteiger partial charge in [0.1, 0.15) is 24.9 Å². The molecule has 5 rings (SSSR count). The van der Waals surface area contributed by atoms with E-state index in [-0.39, 0.29) is 60.3 Å². The minimum absolute atomic E-state index is 0.0327. The van der Waals surface area contributed by atoms with Crippen molar-refractivity contribution in [3.8, 4) is 0 Å². The first-order chi connectivity index (χ1) is 32.1. The summed E-state index contributed by atoms with van der Waals surface area (Å²) in [4.78, 5) is 29.9. The number of ether oxygens (including phenoxy) is 5. The van der Waals surface area contributed by atoms with Crippen LogP contribution in [0.5, 0.6) is 0 Å². The van der Waals surface area contributed by atoms with Gasteiger partial charge in [0.25, 0.3) is 8.32 Å². The van der Waals surface area contributed by atoms with Crippen LogP contribution in [-0.4, -0.2) is 97.1 Å². The van der Waals surface area contributed by atoms with E-state index >= 15 is 0 Å². The van der Waals surface area contributed by atoms with Crippen molar-refractivity contribution < 1.29 is 46.5 Å². The van der Waals surface area contributed by atoms with Crippen molar-refractivity contribution in [2.75, 3.05) is 20.8 Å². The Balaban J connectivity index is 1.51. The molecule has 0 unspecified atom stereocenters. The fraction of sp³-hybridized carbons (Fsp3) is 0.618. The number of carbonyl (C=O) groups excluding carboxylic acids is 2. The largest absolute Gasteiger partial charge is 0.461 e. The molecular weight excluding hydrogens is 891 g/mol.